The number of halogens is 1. The molecule has 0 aliphatic carbocycles. The van der Waals surface area contributed by atoms with Crippen LogP contribution in [0.4, 0.5) is 0 Å². The minimum atomic E-state index is -0.238. The van der Waals surface area contributed by atoms with Crippen molar-refractivity contribution in [3.05, 3.63) is 58.4 Å². The van der Waals surface area contributed by atoms with Gasteiger partial charge in [-0.3, -0.25) is 4.79 Å². The zero-order valence-electron chi connectivity index (χ0n) is 15.5. The van der Waals surface area contributed by atoms with Crippen molar-refractivity contribution in [3.63, 3.8) is 0 Å². The fourth-order valence-electron chi connectivity index (χ4n) is 2.30. The number of rotatable bonds is 8. The zero-order chi connectivity index (χ0) is 20.6. The highest BCUT2D eigenvalue weighted by Gasteiger charge is 2.08. The normalized spacial score (nSPS) is 11.0. The van der Waals surface area contributed by atoms with Crippen molar-refractivity contribution >= 4 is 46.8 Å². The Balaban J connectivity index is 1.50. The van der Waals surface area contributed by atoms with Crippen molar-refractivity contribution < 1.29 is 14.6 Å². The molecule has 1 amide bonds. The third-order valence-electron chi connectivity index (χ3n) is 3.64. The molecule has 0 bridgehead atoms. The van der Waals surface area contributed by atoms with Crippen molar-refractivity contribution in [1.29, 1.82) is 0 Å². The van der Waals surface area contributed by atoms with Gasteiger partial charge in [-0.1, -0.05) is 35.5 Å². The van der Waals surface area contributed by atoms with Gasteiger partial charge >= 0.3 is 0 Å². The number of phenols is 1. The first-order valence-electron chi connectivity index (χ1n) is 8.67. The Hall–Kier alpha value is -2.55. The molecule has 0 spiro atoms. The number of hydrazone groups is 1. The highest BCUT2D eigenvalue weighted by molar-refractivity contribution is 8.01. The van der Waals surface area contributed by atoms with Gasteiger partial charge in [0.25, 0.3) is 5.91 Å². The number of aromatic nitrogens is 1. The van der Waals surface area contributed by atoms with Gasteiger partial charge in [0.2, 0.25) is 0 Å². The summed E-state index contributed by atoms with van der Waals surface area (Å²) >= 11 is 8.73. The minimum Gasteiger partial charge on any atom is -0.504 e. The molecule has 2 aromatic carbocycles. The fourth-order valence-corrected chi connectivity index (χ4v) is 4.05. The van der Waals surface area contributed by atoms with Gasteiger partial charge in [0.15, 0.2) is 15.8 Å². The van der Waals surface area contributed by atoms with Crippen LogP contribution < -0.4 is 10.2 Å². The fraction of sp³-hybridized carbons (Fsp3) is 0.150. The number of amides is 1. The van der Waals surface area contributed by atoms with Crippen LogP contribution in [0, 0.1) is 0 Å². The summed E-state index contributed by atoms with van der Waals surface area (Å²) in [6.45, 7) is 2.28. The number of nitrogens with zero attached hydrogens (tertiary/aromatic N) is 2. The molecule has 0 atom stereocenters. The summed E-state index contributed by atoms with van der Waals surface area (Å²) in [5, 5.41) is 16.3. The smallest absolute Gasteiger partial charge is 0.250 e. The molecule has 0 radical (unpaired) electrons. The maximum Gasteiger partial charge on any atom is 0.250 e. The Labute approximate surface area is 181 Å². The van der Waals surface area contributed by atoms with E-state index in [1.807, 2.05) is 36.6 Å². The predicted molar refractivity (Wildman–Crippen MR) is 118 cm³/mol. The Morgan fingerprint density at radius 1 is 1.34 bits per heavy atom. The lowest BCUT2D eigenvalue weighted by Crippen LogP contribution is -2.19. The monoisotopic (exact) mass is 447 g/mol. The molecular weight excluding hydrogens is 430 g/mol. The summed E-state index contributed by atoms with van der Waals surface area (Å²) in [7, 11) is 0. The molecule has 9 heteroatoms. The first-order valence-corrected chi connectivity index (χ1v) is 10.9. The molecule has 1 aromatic heterocycles. The van der Waals surface area contributed by atoms with E-state index in [1.54, 1.807) is 12.1 Å². The first kappa shape index (κ1) is 21.2. The van der Waals surface area contributed by atoms with E-state index < -0.39 is 0 Å². The van der Waals surface area contributed by atoms with Gasteiger partial charge < -0.3 is 9.84 Å². The third kappa shape index (κ3) is 6.22. The van der Waals surface area contributed by atoms with Gasteiger partial charge in [-0.25, -0.2) is 10.4 Å². The van der Waals surface area contributed by atoms with E-state index in [4.69, 9.17) is 16.3 Å². The molecule has 0 aliphatic rings. The topological polar surface area (TPSA) is 83.8 Å². The average molecular weight is 448 g/mol. The zero-order valence-corrected chi connectivity index (χ0v) is 17.9. The average Bonchev–Trinajstić information content (AvgIpc) is 3.18. The molecule has 0 saturated carbocycles. The molecule has 1 heterocycles. The van der Waals surface area contributed by atoms with Crippen LogP contribution in [0.2, 0.25) is 5.02 Å². The number of aromatic hydroxyl groups is 1. The molecule has 0 unspecified atom stereocenters. The van der Waals surface area contributed by atoms with Crippen molar-refractivity contribution in [2.24, 2.45) is 5.10 Å². The van der Waals surface area contributed by atoms with Gasteiger partial charge in [-0.2, -0.15) is 5.10 Å². The Bertz CT molecular complexity index is 1010. The first-order chi connectivity index (χ1) is 14.0. The van der Waals surface area contributed by atoms with E-state index in [9.17, 15) is 9.90 Å². The molecule has 29 heavy (non-hydrogen) atoms. The molecule has 3 rings (SSSR count). The van der Waals surface area contributed by atoms with Crippen LogP contribution in [0.1, 0.15) is 12.5 Å². The van der Waals surface area contributed by atoms with Crippen LogP contribution >= 0.6 is 34.7 Å². The highest BCUT2D eigenvalue weighted by atomic mass is 35.5. The standard InChI is InChI=1S/C20H18ClN3O3S2/c1-2-27-18-9-13(3-8-17(18)25)10-22-24-19(26)12-29-20-23-16(11-28-20)14-4-6-15(21)7-5-14/h3-11,25H,2,12H2,1H3,(H,24,26)/b22-10+. The number of hydrogen-bond donors (Lipinski definition) is 2. The van der Waals surface area contributed by atoms with Gasteiger partial charge in [0, 0.05) is 16.0 Å². The predicted octanol–water partition coefficient (Wildman–Crippen LogP) is 4.81. The third-order valence-corrected chi connectivity index (χ3v) is 5.91. The van der Waals surface area contributed by atoms with Crippen LogP contribution in [0.3, 0.4) is 0 Å². The van der Waals surface area contributed by atoms with Crippen molar-refractivity contribution in [3.8, 4) is 22.8 Å². The lowest BCUT2D eigenvalue weighted by molar-refractivity contribution is -0.118. The lowest BCUT2D eigenvalue weighted by Gasteiger charge is -2.05. The molecule has 0 fully saturated rings. The van der Waals surface area contributed by atoms with Crippen LogP contribution in [0.15, 0.2) is 57.3 Å². The summed E-state index contributed by atoms with van der Waals surface area (Å²) in [5.74, 6) is 0.396. The van der Waals surface area contributed by atoms with Gasteiger partial charge in [-0.05, 0) is 42.8 Å². The van der Waals surface area contributed by atoms with E-state index in [-0.39, 0.29) is 17.4 Å². The Morgan fingerprint density at radius 2 is 2.14 bits per heavy atom. The largest absolute Gasteiger partial charge is 0.504 e. The number of benzene rings is 2. The molecule has 150 valence electrons. The summed E-state index contributed by atoms with van der Waals surface area (Å²) in [6.07, 6.45) is 1.49. The van der Waals surface area contributed by atoms with Crippen molar-refractivity contribution in [2.45, 2.75) is 11.3 Å². The van der Waals surface area contributed by atoms with E-state index in [2.05, 4.69) is 15.5 Å². The molecule has 0 aliphatic heterocycles. The van der Waals surface area contributed by atoms with Crippen LogP contribution in [0.5, 0.6) is 11.5 Å². The second-order valence-electron chi connectivity index (χ2n) is 5.75. The Kier molecular flexibility index (Phi) is 7.51. The van der Waals surface area contributed by atoms with Crippen molar-refractivity contribution in [2.75, 3.05) is 12.4 Å². The molecule has 3 aromatic rings. The van der Waals surface area contributed by atoms with Crippen LogP contribution in [0.25, 0.3) is 11.3 Å². The number of phenolic OH excluding ortho intramolecular Hbond substituents is 1. The summed E-state index contributed by atoms with van der Waals surface area (Å²) in [4.78, 5) is 16.5. The van der Waals surface area contributed by atoms with E-state index >= 15 is 0 Å². The van der Waals surface area contributed by atoms with Gasteiger partial charge in [0.05, 0.1) is 24.3 Å². The molecule has 2 N–H and O–H groups in total. The maximum absolute atomic E-state index is 12.0. The number of thiazole rings is 1. The number of nitrogens with one attached hydrogen (secondary N) is 1. The summed E-state index contributed by atoms with van der Waals surface area (Å²) in [6, 6.07) is 12.3. The number of hydrogen-bond acceptors (Lipinski definition) is 7. The molecule has 0 saturated heterocycles. The Morgan fingerprint density at radius 3 is 2.90 bits per heavy atom. The highest BCUT2D eigenvalue weighted by Crippen LogP contribution is 2.29. The number of thioether (sulfide) groups is 1. The van der Waals surface area contributed by atoms with Crippen molar-refractivity contribution in [1.82, 2.24) is 10.4 Å². The summed E-state index contributed by atoms with van der Waals surface area (Å²) in [5.41, 5.74) is 5.01. The van der Waals surface area contributed by atoms with Crippen LogP contribution in [-0.4, -0.2) is 34.6 Å². The quantitative estimate of drug-likeness (QED) is 0.294. The number of ether oxygens (including phenoxy) is 1. The molecular formula is C20H18ClN3O3S2. The van der Waals surface area contributed by atoms with Gasteiger partial charge in [0.1, 0.15) is 0 Å². The van der Waals surface area contributed by atoms with Crippen LogP contribution in [-0.2, 0) is 4.79 Å². The van der Waals surface area contributed by atoms with E-state index in [1.165, 1.54) is 35.4 Å². The second kappa shape index (κ2) is 10.3. The number of carbonyl (C=O) groups excluding carboxylic acids is 1. The van der Waals surface area contributed by atoms with E-state index in [0.29, 0.717) is 22.9 Å². The maximum atomic E-state index is 12.0. The lowest BCUT2D eigenvalue weighted by atomic mass is 10.2. The number of carbonyl (C=O) groups is 1. The minimum absolute atomic E-state index is 0.0610. The van der Waals surface area contributed by atoms with Gasteiger partial charge in [-0.15, -0.1) is 11.3 Å². The second-order valence-corrected chi connectivity index (χ2v) is 8.26. The van der Waals surface area contributed by atoms with E-state index in [0.717, 1.165) is 15.6 Å². The summed E-state index contributed by atoms with van der Waals surface area (Å²) < 4.78 is 6.12. The molecule has 6 nitrogen and oxygen atoms in total. The SMILES string of the molecule is CCOc1cc(/C=N/NC(=O)CSc2nc(-c3ccc(Cl)cc3)cs2)ccc1O.